The summed E-state index contributed by atoms with van der Waals surface area (Å²) in [5.41, 5.74) is 3.63. The molecule has 210 valence electrons. The second kappa shape index (κ2) is 11.3. The van der Waals surface area contributed by atoms with Crippen molar-refractivity contribution in [1.82, 2.24) is 34.4 Å². The maximum atomic E-state index is 13.3. The van der Waals surface area contributed by atoms with Crippen molar-refractivity contribution in [3.05, 3.63) is 71.4 Å². The Morgan fingerprint density at radius 2 is 1.75 bits per heavy atom. The van der Waals surface area contributed by atoms with Gasteiger partial charge in [-0.05, 0) is 36.8 Å². The molecule has 2 N–H and O–H groups in total. The van der Waals surface area contributed by atoms with Crippen LogP contribution in [-0.2, 0) is 20.0 Å². The van der Waals surface area contributed by atoms with Gasteiger partial charge in [0, 0.05) is 70.7 Å². The molecule has 0 saturated carbocycles. The van der Waals surface area contributed by atoms with Gasteiger partial charge in [-0.15, -0.1) is 0 Å². The standard InChI is InChI=1S/C29H36N8O3/c1-34-16-22(15-32-34)28(39)35-11-7-23(8-12-35)33-27-14-24(30-19-31-27)29(40)37-13-9-25(26(38)18-37)36-10-6-20-4-2-3-5-21(20)17-36/h2-5,14-16,19,23,25-26,38H,6-13,17-18H2,1H3,(H,30,31,33)/t25-,26-/m1/s1. The minimum absolute atomic E-state index is 0.00229. The Morgan fingerprint density at radius 1 is 0.975 bits per heavy atom. The van der Waals surface area contributed by atoms with Crippen LogP contribution in [0.25, 0.3) is 0 Å². The van der Waals surface area contributed by atoms with E-state index in [4.69, 9.17) is 0 Å². The van der Waals surface area contributed by atoms with E-state index in [2.05, 4.69) is 49.5 Å². The Kier molecular flexibility index (Phi) is 7.48. The number of β-amino-alcohol motifs (C(OH)–C–C–N with tert-alkyl or cyclic N) is 1. The number of aliphatic hydroxyl groups is 1. The number of hydrogen-bond donors (Lipinski definition) is 2. The Hall–Kier alpha value is -3.83. The van der Waals surface area contributed by atoms with Crippen LogP contribution in [0.2, 0.25) is 0 Å². The van der Waals surface area contributed by atoms with Crippen molar-refractivity contribution in [2.75, 3.05) is 38.0 Å². The number of carbonyl (C=O) groups excluding carboxylic acids is 2. The van der Waals surface area contributed by atoms with Crippen molar-refractivity contribution in [3.8, 4) is 0 Å². The molecule has 2 saturated heterocycles. The molecule has 3 aliphatic rings. The van der Waals surface area contributed by atoms with E-state index in [0.29, 0.717) is 36.7 Å². The number of nitrogens with one attached hydrogen (secondary N) is 1. The summed E-state index contributed by atoms with van der Waals surface area (Å²) in [6, 6.07) is 10.4. The van der Waals surface area contributed by atoms with E-state index < -0.39 is 6.10 Å². The molecule has 11 nitrogen and oxygen atoms in total. The molecule has 11 heteroatoms. The average Bonchev–Trinajstić information content (AvgIpc) is 3.43. The van der Waals surface area contributed by atoms with Gasteiger partial charge in [0.2, 0.25) is 0 Å². The molecule has 3 aliphatic heterocycles. The quantitative estimate of drug-likeness (QED) is 0.497. The van der Waals surface area contributed by atoms with Gasteiger partial charge in [-0.3, -0.25) is 19.2 Å². The van der Waals surface area contributed by atoms with E-state index in [1.54, 1.807) is 35.1 Å². The van der Waals surface area contributed by atoms with Crippen LogP contribution in [0.15, 0.2) is 49.1 Å². The highest BCUT2D eigenvalue weighted by molar-refractivity contribution is 5.94. The highest BCUT2D eigenvalue weighted by Gasteiger charge is 2.36. The number of nitrogens with zero attached hydrogens (tertiary/aromatic N) is 7. The van der Waals surface area contributed by atoms with Crippen LogP contribution in [0.4, 0.5) is 5.82 Å². The fraction of sp³-hybridized carbons (Fsp3) is 0.483. The van der Waals surface area contributed by atoms with Crippen molar-refractivity contribution in [3.63, 3.8) is 0 Å². The number of aromatic nitrogens is 4. The molecule has 1 aromatic carbocycles. The summed E-state index contributed by atoms with van der Waals surface area (Å²) in [5.74, 6) is 0.402. The van der Waals surface area contributed by atoms with Crippen molar-refractivity contribution in [2.24, 2.45) is 7.05 Å². The van der Waals surface area contributed by atoms with E-state index in [0.717, 1.165) is 38.8 Å². The number of aryl methyl sites for hydroxylation is 1. The second-order valence-corrected chi connectivity index (χ2v) is 11.1. The number of anilines is 1. The molecular weight excluding hydrogens is 508 g/mol. The number of benzene rings is 1. The summed E-state index contributed by atoms with van der Waals surface area (Å²) in [5, 5.41) is 18.5. The minimum Gasteiger partial charge on any atom is -0.390 e. The zero-order chi connectivity index (χ0) is 27.6. The Morgan fingerprint density at radius 3 is 2.50 bits per heavy atom. The van der Waals surface area contributed by atoms with Crippen LogP contribution in [0, 0.1) is 0 Å². The normalized spacial score (nSPS) is 22.1. The number of likely N-dealkylation sites (tertiary alicyclic amines) is 2. The summed E-state index contributed by atoms with van der Waals surface area (Å²) in [6.45, 7) is 3.90. The zero-order valence-electron chi connectivity index (χ0n) is 22.8. The van der Waals surface area contributed by atoms with Crippen LogP contribution >= 0.6 is 0 Å². The van der Waals surface area contributed by atoms with Crippen molar-refractivity contribution < 1.29 is 14.7 Å². The highest BCUT2D eigenvalue weighted by atomic mass is 16.3. The lowest BCUT2D eigenvalue weighted by Crippen LogP contribution is -2.56. The van der Waals surface area contributed by atoms with Crippen molar-refractivity contribution >= 4 is 17.6 Å². The molecule has 2 atom stereocenters. The number of carbonyl (C=O) groups is 2. The van der Waals surface area contributed by atoms with E-state index >= 15 is 0 Å². The SMILES string of the molecule is Cn1cc(C(=O)N2CCC(Nc3cc(C(=O)N4CC[C@@H](N5CCc6ccccc6C5)[C@H](O)C4)ncn3)CC2)cn1. The van der Waals surface area contributed by atoms with Gasteiger partial charge in [-0.2, -0.15) is 5.10 Å². The van der Waals surface area contributed by atoms with Crippen LogP contribution in [0.3, 0.4) is 0 Å². The number of hydrogen-bond acceptors (Lipinski definition) is 8. The predicted octanol–water partition coefficient (Wildman–Crippen LogP) is 1.56. The first kappa shape index (κ1) is 26.4. The average molecular weight is 545 g/mol. The van der Waals surface area contributed by atoms with E-state index in [1.807, 2.05) is 4.90 Å². The molecule has 6 rings (SSSR count). The van der Waals surface area contributed by atoms with Crippen molar-refractivity contribution in [2.45, 2.75) is 50.4 Å². The van der Waals surface area contributed by atoms with Gasteiger partial charge in [-0.1, -0.05) is 24.3 Å². The first-order valence-electron chi connectivity index (χ1n) is 14.1. The molecule has 2 amide bonds. The number of aliphatic hydroxyl groups excluding tert-OH is 1. The number of rotatable bonds is 5. The fourth-order valence-corrected chi connectivity index (χ4v) is 6.20. The zero-order valence-corrected chi connectivity index (χ0v) is 22.8. The minimum atomic E-state index is -0.609. The van der Waals surface area contributed by atoms with Gasteiger partial charge in [0.15, 0.2) is 0 Å². The first-order chi connectivity index (χ1) is 19.4. The predicted molar refractivity (Wildman–Crippen MR) is 149 cm³/mol. The van der Waals surface area contributed by atoms with Gasteiger partial charge in [-0.25, -0.2) is 9.97 Å². The van der Waals surface area contributed by atoms with E-state index in [-0.39, 0.29) is 30.4 Å². The lowest BCUT2D eigenvalue weighted by Gasteiger charge is -2.43. The molecule has 3 aromatic rings. The maximum Gasteiger partial charge on any atom is 0.272 e. The summed E-state index contributed by atoms with van der Waals surface area (Å²) < 4.78 is 1.63. The van der Waals surface area contributed by atoms with Crippen molar-refractivity contribution in [1.29, 1.82) is 0 Å². The molecule has 0 aliphatic carbocycles. The largest absolute Gasteiger partial charge is 0.390 e. The van der Waals surface area contributed by atoms with E-state index in [9.17, 15) is 14.7 Å². The lowest BCUT2D eigenvalue weighted by molar-refractivity contribution is -0.0139. The number of piperidine rings is 2. The van der Waals surface area contributed by atoms with Gasteiger partial charge in [0.1, 0.15) is 17.8 Å². The number of fused-ring (bicyclic) bond motifs is 1. The van der Waals surface area contributed by atoms with Gasteiger partial charge >= 0.3 is 0 Å². The Bertz CT molecular complexity index is 1370. The monoisotopic (exact) mass is 544 g/mol. The molecule has 0 spiro atoms. The third-order valence-electron chi connectivity index (χ3n) is 8.43. The molecule has 0 radical (unpaired) electrons. The molecule has 0 bridgehead atoms. The van der Waals surface area contributed by atoms with Gasteiger partial charge in [0.25, 0.3) is 11.8 Å². The first-order valence-corrected chi connectivity index (χ1v) is 14.1. The van der Waals surface area contributed by atoms with Crippen LogP contribution in [0.5, 0.6) is 0 Å². The fourth-order valence-electron chi connectivity index (χ4n) is 6.20. The van der Waals surface area contributed by atoms with E-state index in [1.165, 1.54) is 17.5 Å². The van der Waals surface area contributed by atoms with Crippen LogP contribution in [0.1, 0.15) is 51.2 Å². The third-order valence-corrected chi connectivity index (χ3v) is 8.43. The topological polar surface area (TPSA) is 120 Å². The molecular formula is C29H36N8O3. The third kappa shape index (κ3) is 5.57. The summed E-state index contributed by atoms with van der Waals surface area (Å²) in [6.07, 6.45) is 7.40. The Balaban J connectivity index is 1.02. The second-order valence-electron chi connectivity index (χ2n) is 11.1. The number of amides is 2. The maximum absolute atomic E-state index is 13.3. The molecule has 2 aromatic heterocycles. The lowest BCUT2D eigenvalue weighted by atomic mass is 9.94. The molecule has 0 unspecified atom stereocenters. The van der Waals surface area contributed by atoms with Gasteiger partial charge in [0.05, 0.1) is 17.9 Å². The Labute approximate surface area is 233 Å². The summed E-state index contributed by atoms with van der Waals surface area (Å²) in [7, 11) is 1.80. The highest BCUT2D eigenvalue weighted by Crippen LogP contribution is 2.26. The summed E-state index contributed by atoms with van der Waals surface area (Å²) in [4.78, 5) is 40.5. The molecule has 5 heterocycles. The smallest absolute Gasteiger partial charge is 0.272 e. The molecule has 40 heavy (non-hydrogen) atoms. The summed E-state index contributed by atoms with van der Waals surface area (Å²) >= 11 is 0. The molecule has 2 fully saturated rings. The van der Waals surface area contributed by atoms with Gasteiger partial charge < -0.3 is 20.2 Å². The van der Waals surface area contributed by atoms with Crippen LogP contribution in [-0.4, -0.2) is 102 Å². The van der Waals surface area contributed by atoms with Crippen LogP contribution < -0.4 is 5.32 Å².